The minimum absolute atomic E-state index is 0.0450. The Bertz CT molecular complexity index is 2090. The van der Waals surface area contributed by atoms with E-state index in [1.165, 1.54) is 28.6 Å². The normalized spacial score (nSPS) is 23.8. The van der Waals surface area contributed by atoms with Crippen LogP contribution in [0.3, 0.4) is 0 Å². The summed E-state index contributed by atoms with van der Waals surface area (Å²) in [4.78, 5) is 57.4. The van der Waals surface area contributed by atoms with E-state index in [2.05, 4.69) is 15.9 Å². The van der Waals surface area contributed by atoms with Gasteiger partial charge in [-0.05, 0) is 82.9 Å². The second-order valence-electron chi connectivity index (χ2n) is 11.5. The van der Waals surface area contributed by atoms with Crippen molar-refractivity contribution in [2.45, 2.75) is 31.8 Å². The first-order valence-electron chi connectivity index (χ1n) is 14.1. The standard InChI is InChI=1S/C32H25BrClFN4O6/c1-32-20(28(41)37(29(32)42)18-8-9-23(35)22(34)14-18)15-24-19(26(32)16-12-21(33)27(40)25(13-16)45-2)10-11-36-30(43)38(31(44)39(24)36)17-6-4-3-5-7-17/h3-10,12-14,20,24,26,40H,11,15H2,1-2H3/t20-,24+,26-,32+/m0/s1. The van der Waals surface area contributed by atoms with Gasteiger partial charge in [0.1, 0.15) is 5.82 Å². The highest BCUT2D eigenvalue weighted by Gasteiger charge is 2.65. The predicted molar refractivity (Wildman–Crippen MR) is 167 cm³/mol. The van der Waals surface area contributed by atoms with Crippen LogP contribution in [0.1, 0.15) is 30.9 Å². The number of carbonyl (C=O) groups is 2. The first-order valence-corrected chi connectivity index (χ1v) is 15.3. The lowest BCUT2D eigenvalue weighted by molar-refractivity contribution is -0.129. The van der Waals surface area contributed by atoms with Gasteiger partial charge in [0, 0.05) is 5.92 Å². The molecule has 2 amide bonds. The molecule has 1 saturated carbocycles. The van der Waals surface area contributed by atoms with Crippen LogP contribution in [0.4, 0.5) is 10.1 Å². The highest BCUT2D eigenvalue weighted by molar-refractivity contribution is 9.10. The van der Waals surface area contributed by atoms with Gasteiger partial charge in [0.05, 0.1) is 51.9 Å². The molecule has 2 fully saturated rings. The highest BCUT2D eigenvalue weighted by atomic mass is 79.9. The Morgan fingerprint density at radius 1 is 1.02 bits per heavy atom. The molecule has 4 atom stereocenters. The number of para-hydroxylation sites is 1. The quantitative estimate of drug-likeness (QED) is 0.239. The van der Waals surface area contributed by atoms with E-state index in [1.807, 2.05) is 6.08 Å². The van der Waals surface area contributed by atoms with Gasteiger partial charge in [0.15, 0.2) is 11.5 Å². The summed E-state index contributed by atoms with van der Waals surface area (Å²) in [5, 5.41) is 10.4. The minimum Gasteiger partial charge on any atom is -0.503 e. The van der Waals surface area contributed by atoms with Crippen molar-refractivity contribution in [1.82, 2.24) is 13.9 Å². The van der Waals surface area contributed by atoms with E-state index in [1.54, 1.807) is 49.4 Å². The zero-order valence-corrected chi connectivity index (χ0v) is 26.3. The number of imide groups is 1. The lowest BCUT2D eigenvalue weighted by atomic mass is 9.56. The molecule has 1 aromatic heterocycles. The molecule has 4 aromatic rings. The van der Waals surface area contributed by atoms with Crippen molar-refractivity contribution < 1.29 is 23.8 Å². The minimum atomic E-state index is -1.38. The summed E-state index contributed by atoms with van der Waals surface area (Å²) in [5.74, 6) is -3.50. The maximum absolute atomic E-state index is 14.5. The van der Waals surface area contributed by atoms with Crippen molar-refractivity contribution in [3.63, 3.8) is 0 Å². The molecule has 3 heterocycles. The number of aromatic hydroxyl groups is 1. The summed E-state index contributed by atoms with van der Waals surface area (Å²) in [6.07, 6.45) is 1.87. The number of amides is 2. The molecule has 0 spiro atoms. The SMILES string of the molecule is COc1cc([C@H]2C3=CCn4c(=O)n(-c5ccccc5)c(=O)n4[C@@H]3C[C@H]3C(=O)N(c4ccc(F)c(Cl)c4)C(=O)[C@@]23C)cc(Br)c1O. The highest BCUT2D eigenvalue weighted by Crippen LogP contribution is 2.62. The molecule has 13 heteroatoms. The Labute approximate surface area is 268 Å². The van der Waals surface area contributed by atoms with Crippen molar-refractivity contribution in [2.24, 2.45) is 11.3 Å². The average molecular weight is 696 g/mol. The summed E-state index contributed by atoms with van der Waals surface area (Å²) >= 11 is 9.44. The maximum atomic E-state index is 14.5. The fourth-order valence-electron chi connectivity index (χ4n) is 7.24. The zero-order chi connectivity index (χ0) is 31.9. The van der Waals surface area contributed by atoms with Gasteiger partial charge >= 0.3 is 11.4 Å². The molecule has 3 aliphatic rings. The zero-order valence-electron chi connectivity index (χ0n) is 23.9. The Hall–Kier alpha value is -4.42. The van der Waals surface area contributed by atoms with Crippen molar-refractivity contribution in [3.8, 4) is 17.2 Å². The number of halogens is 3. The molecule has 10 nitrogen and oxygen atoms in total. The monoisotopic (exact) mass is 694 g/mol. The molecule has 230 valence electrons. The topological polar surface area (TPSA) is 116 Å². The summed E-state index contributed by atoms with van der Waals surface area (Å²) in [5.41, 5.74) is -0.747. The predicted octanol–water partition coefficient (Wildman–Crippen LogP) is 4.93. The van der Waals surface area contributed by atoms with E-state index < -0.39 is 52.3 Å². The van der Waals surface area contributed by atoms with Crippen LogP contribution in [0.15, 0.2) is 86.4 Å². The number of carbonyl (C=O) groups excluding carboxylic acids is 2. The molecule has 3 aromatic carbocycles. The van der Waals surface area contributed by atoms with Crippen LogP contribution in [0.25, 0.3) is 5.69 Å². The molecule has 0 radical (unpaired) electrons. The Kier molecular flexibility index (Phi) is 6.71. The molecule has 0 bridgehead atoms. The molecule has 7 rings (SSSR count). The van der Waals surface area contributed by atoms with E-state index in [0.29, 0.717) is 21.3 Å². The number of allylic oxidation sites excluding steroid dienone is 2. The number of hydrogen-bond donors (Lipinski definition) is 1. The smallest absolute Gasteiger partial charge is 0.352 e. The fourth-order valence-corrected chi connectivity index (χ4v) is 7.88. The van der Waals surface area contributed by atoms with E-state index in [4.69, 9.17) is 16.3 Å². The maximum Gasteiger partial charge on any atom is 0.352 e. The number of methoxy groups -OCH3 is 1. The molecule has 1 N–H and O–H groups in total. The number of anilines is 1. The van der Waals surface area contributed by atoms with Gasteiger partial charge in [-0.2, -0.15) is 0 Å². The van der Waals surface area contributed by atoms with Gasteiger partial charge in [0.25, 0.3) is 0 Å². The van der Waals surface area contributed by atoms with Crippen LogP contribution in [-0.4, -0.2) is 38.0 Å². The number of fused-ring (bicyclic) bond motifs is 4. The van der Waals surface area contributed by atoms with Crippen LogP contribution in [0.2, 0.25) is 5.02 Å². The molecular formula is C32H25BrClFN4O6. The molecule has 1 saturated heterocycles. The van der Waals surface area contributed by atoms with E-state index >= 15 is 0 Å². The number of benzene rings is 3. The Balaban J connectivity index is 1.46. The third-order valence-corrected chi connectivity index (χ3v) is 10.2. The largest absolute Gasteiger partial charge is 0.503 e. The second kappa shape index (κ2) is 10.3. The van der Waals surface area contributed by atoms with Crippen LogP contribution in [0, 0.1) is 17.2 Å². The third-order valence-electron chi connectivity index (χ3n) is 9.32. The average Bonchev–Trinajstić information content (AvgIpc) is 3.39. The Morgan fingerprint density at radius 3 is 2.44 bits per heavy atom. The van der Waals surface area contributed by atoms with Gasteiger partial charge < -0.3 is 9.84 Å². The summed E-state index contributed by atoms with van der Waals surface area (Å²) in [6, 6.07) is 14.7. The lowest BCUT2D eigenvalue weighted by Crippen LogP contribution is -2.49. The number of ether oxygens (including phenoxy) is 1. The molecule has 0 unspecified atom stereocenters. The van der Waals surface area contributed by atoms with Crippen LogP contribution in [-0.2, 0) is 16.1 Å². The third kappa shape index (κ3) is 4.04. The van der Waals surface area contributed by atoms with Crippen LogP contribution < -0.4 is 21.0 Å². The van der Waals surface area contributed by atoms with E-state index in [-0.39, 0.29) is 35.2 Å². The summed E-state index contributed by atoms with van der Waals surface area (Å²) < 4.78 is 23.6. The van der Waals surface area contributed by atoms with Gasteiger partial charge in [-0.25, -0.2) is 32.8 Å². The van der Waals surface area contributed by atoms with Crippen molar-refractivity contribution in [3.05, 3.63) is 114 Å². The lowest BCUT2D eigenvalue weighted by Gasteiger charge is -2.47. The first kappa shape index (κ1) is 29.3. The number of hydrogen-bond acceptors (Lipinski definition) is 6. The number of nitrogens with zero attached hydrogens (tertiary/aromatic N) is 4. The second-order valence-corrected chi connectivity index (χ2v) is 12.8. The first-order chi connectivity index (χ1) is 21.5. The van der Waals surface area contributed by atoms with E-state index in [0.717, 1.165) is 15.5 Å². The van der Waals surface area contributed by atoms with Crippen molar-refractivity contribution >= 4 is 45.0 Å². The van der Waals surface area contributed by atoms with Gasteiger partial charge in [-0.15, -0.1) is 0 Å². The Morgan fingerprint density at radius 2 is 1.76 bits per heavy atom. The fraction of sp³-hybridized carbons (Fsp3) is 0.250. The van der Waals surface area contributed by atoms with Crippen molar-refractivity contribution in [1.29, 1.82) is 0 Å². The summed E-state index contributed by atoms with van der Waals surface area (Å²) in [6.45, 7) is 1.75. The molecular weight excluding hydrogens is 671 g/mol. The van der Waals surface area contributed by atoms with Gasteiger partial charge in [-0.3, -0.25) is 9.59 Å². The molecule has 45 heavy (non-hydrogen) atoms. The van der Waals surface area contributed by atoms with Gasteiger partial charge in [-0.1, -0.05) is 35.9 Å². The number of phenolic OH excluding ortho intramolecular Hbond substituents is 1. The summed E-state index contributed by atoms with van der Waals surface area (Å²) in [7, 11) is 1.40. The van der Waals surface area contributed by atoms with Crippen LogP contribution >= 0.6 is 27.5 Å². The molecule has 2 aliphatic heterocycles. The van der Waals surface area contributed by atoms with Gasteiger partial charge in [0.2, 0.25) is 11.8 Å². The number of aromatic nitrogens is 3. The van der Waals surface area contributed by atoms with Crippen LogP contribution in [0.5, 0.6) is 11.5 Å². The number of phenols is 1. The molecule has 1 aliphatic carbocycles. The van der Waals surface area contributed by atoms with Crippen molar-refractivity contribution in [2.75, 3.05) is 12.0 Å². The number of rotatable bonds is 4. The van der Waals surface area contributed by atoms with E-state index in [9.17, 15) is 28.7 Å².